The Hall–Kier alpha value is -1.32. The fourth-order valence-electron chi connectivity index (χ4n) is 2.37. The third-order valence-corrected chi connectivity index (χ3v) is 4.67. The Balaban J connectivity index is 1.83. The molecule has 3 heteroatoms. The van der Waals surface area contributed by atoms with Crippen molar-refractivity contribution in [1.29, 1.82) is 0 Å². The summed E-state index contributed by atoms with van der Waals surface area (Å²) < 4.78 is 0. The predicted molar refractivity (Wildman–Crippen MR) is 89.8 cm³/mol. The number of aryl methyl sites for hydroxylation is 2. The van der Waals surface area contributed by atoms with Gasteiger partial charge in [0, 0.05) is 36.7 Å². The van der Waals surface area contributed by atoms with E-state index in [4.69, 9.17) is 0 Å². The molecule has 0 spiro atoms. The van der Waals surface area contributed by atoms with Crippen molar-refractivity contribution in [2.75, 3.05) is 24.5 Å². The van der Waals surface area contributed by atoms with Crippen molar-refractivity contribution in [3.05, 3.63) is 51.7 Å². The summed E-state index contributed by atoms with van der Waals surface area (Å²) in [5, 5.41) is 5.72. The van der Waals surface area contributed by atoms with E-state index < -0.39 is 0 Å². The van der Waals surface area contributed by atoms with Gasteiger partial charge in [0.1, 0.15) is 0 Å². The van der Waals surface area contributed by atoms with Gasteiger partial charge in [-0.1, -0.05) is 18.2 Å². The van der Waals surface area contributed by atoms with Crippen LogP contribution in [0.1, 0.15) is 22.9 Å². The first-order valence-corrected chi connectivity index (χ1v) is 8.14. The fraction of sp³-hybridized carbons (Fsp3) is 0.412. The summed E-state index contributed by atoms with van der Waals surface area (Å²) in [7, 11) is 0. The molecular formula is C17H24N2S. The molecule has 2 rings (SSSR count). The van der Waals surface area contributed by atoms with Crippen LogP contribution in [0.4, 0.5) is 5.69 Å². The van der Waals surface area contributed by atoms with Gasteiger partial charge in [-0.15, -0.1) is 11.3 Å². The summed E-state index contributed by atoms with van der Waals surface area (Å²) in [6.45, 7) is 10.7. The molecule has 0 saturated carbocycles. The lowest BCUT2D eigenvalue weighted by atomic mass is 10.2. The van der Waals surface area contributed by atoms with Crippen LogP contribution in [0.15, 0.2) is 35.7 Å². The summed E-state index contributed by atoms with van der Waals surface area (Å²) in [6, 6.07) is 10.8. The number of likely N-dealkylation sites (N-methyl/N-ethyl adjacent to an activating group) is 1. The van der Waals surface area contributed by atoms with E-state index in [1.807, 2.05) is 11.3 Å². The average Bonchev–Trinajstić information content (AvgIpc) is 2.86. The van der Waals surface area contributed by atoms with Gasteiger partial charge >= 0.3 is 0 Å². The van der Waals surface area contributed by atoms with Gasteiger partial charge < -0.3 is 10.2 Å². The summed E-state index contributed by atoms with van der Waals surface area (Å²) in [4.78, 5) is 3.88. The third-order valence-electron chi connectivity index (χ3n) is 3.65. The van der Waals surface area contributed by atoms with Crippen LogP contribution in [0.2, 0.25) is 0 Å². The topological polar surface area (TPSA) is 15.3 Å². The van der Waals surface area contributed by atoms with Crippen LogP contribution in [0, 0.1) is 13.8 Å². The highest BCUT2D eigenvalue weighted by molar-refractivity contribution is 7.10. The maximum atomic E-state index is 3.55. The Kier molecular flexibility index (Phi) is 5.62. The second-order valence-electron chi connectivity index (χ2n) is 5.07. The number of thiophene rings is 1. The number of nitrogens with one attached hydrogen (secondary N) is 1. The van der Waals surface area contributed by atoms with E-state index in [0.717, 1.165) is 26.2 Å². The third kappa shape index (κ3) is 3.84. The van der Waals surface area contributed by atoms with Crippen LogP contribution in [0.5, 0.6) is 0 Å². The number of hydrogen-bond acceptors (Lipinski definition) is 3. The minimum atomic E-state index is 0.981. The highest BCUT2D eigenvalue weighted by Gasteiger charge is 2.06. The lowest BCUT2D eigenvalue weighted by Crippen LogP contribution is -2.32. The number of benzene rings is 1. The monoisotopic (exact) mass is 288 g/mol. The molecule has 0 aliphatic carbocycles. The zero-order chi connectivity index (χ0) is 14.4. The van der Waals surface area contributed by atoms with E-state index >= 15 is 0 Å². The van der Waals surface area contributed by atoms with Crippen molar-refractivity contribution >= 4 is 17.0 Å². The number of hydrogen-bond donors (Lipinski definition) is 1. The largest absolute Gasteiger partial charge is 0.370 e. The quantitative estimate of drug-likeness (QED) is 0.775. The molecule has 0 unspecified atom stereocenters. The van der Waals surface area contributed by atoms with Gasteiger partial charge in [0.15, 0.2) is 0 Å². The second kappa shape index (κ2) is 7.46. The zero-order valence-corrected chi connectivity index (χ0v) is 13.5. The molecule has 0 saturated heterocycles. The van der Waals surface area contributed by atoms with E-state index in [2.05, 4.69) is 66.7 Å². The molecule has 0 fully saturated rings. The van der Waals surface area contributed by atoms with Crippen LogP contribution in [-0.4, -0.2) is 19.6 Å². The number of para-hydroxylation sites is 1. The van der Waals surface area contributed by atoms with Crippen molar-refractivity contribution in [3.63, 3.8) is 0 Å². The van der Waals surface area contributed by atoms with Gasteiger partial charge in [-0.3, -0.25) is 0 Å². The minimum absolute atomic E-state index is 0.981. The highest BCUT2D eigenvalue weighted by Crippen LogP contribution is 2.18. The van der Waals surface area contributed by atoms with Gasteiger partial charge in [-0.25, -0.2) is 0 Å². The van der Waals surface area contributed by atoms with Crippen molar-refractivity contribution < 1.29 is 0 Å². The summed E-state index contributed by atoms with van der Waals surface area (Å²) >= 11 is 1.84. The maximum absolute atomic E-state index is 3.55. The van der Waals surface area contributed by atoms with E-state index in [1.165, 1.54) is 21.7 Å². The van der Waals surface area contributed by atoms with Crippen molar-refractivity contribution in [2.24, 2.45) is 0 Å². The first-order chi connectivity index (χ1) is 9.72. The van der Waals surface area contributed by atoms with Gasteiger partial charge in [0.2, 0.25) is 0 Å². The van der Waals surface area contributed by atoms with Gasteiger partial charge in [-0.2, -0.15) is 0 Å². The van der Waals surface area contributed by atoms with Crippen molar-refractivity contribution in [1.82, 2.24) is 5.32 Å². The molecule has 0 radical (unpaired) electrons. The number of rotatable bonds is 7. The average molecular weight is 288 g/mol. The molecule has 2 nitrogen and oxygen atoms in total. The Morgan fingerprint density at radius 1 is 1.10 bits per heavy atom. The molecule has 1 aromatic heterocycles. The van der Waals surface area contributed by atoms with Gasteiger partial charge in [-0.05, 0) is 49.4 Å². The normalized spacial score (nSPS) is 10.8. The Labute approximate surface area is 126 Å². The molecule has 2 aromatic rings. The van der Waals surface area contributed by atoms with Crippen molar-refractivity contribution in [2.45, 2.75) is 27.3 Å². The zero-order valence-electron chi connectivity index (χ0n) is 12.6. The Morgan fingerprint density at radius 2 is 1.90 bits per heavy atom. The SMILES string of the molecule is CCN(CCNCc1sccc1C)c1ccccc1C. The molecule has 0 aliphatic heterocycles. The summed E-state index contributed by atoms with van der Waals surface area (Å²) in [5.41, 5.74) is 4.10. The first kappa shape index (κ1) is 15.1. The van der Waals surface area contributed by atoms with E-state index in [9.17, 15) is 0 Å². The molecular weight excluding hydrogens is 264 g/mol. The van der Waals surface area contributed by atoms with Gasteiger partial charge in [0.05, 0.1) is 0 Å². The maximum Gasteiger partial charge on any atom is 0.0396 e. The highest BCUT2D eigenvalue weighted by atomic mass is 32.1. The van der Waals surface area contributed by atoms with Crippen molar-refractivity contribution in [3.8, 4) is 0 Å². The Morgan fingerprint density at radius 3 is 2.55 bits per heavy atom. The lowest BCUT2D eigenvalue weighted by molar-refractivity contribution is 0.668. The standard InChI is InChI=1S/C17H24N2S/c1-4-19(16-8-6-5-7-14(16)2)11-10-18-13-17-15(3)9-12-20-17/h5-9,12,18H,4,10-11,13H2,1-3H3. The first-order valence-electron chi connectivity index (χ1n) is 7.26. The predicted octanol–water partition coefficient (Wildman–Crippen LogP) is 3.98. The molecule has 0 amide bonds. The molecule has 0 bridgehead atoms. The molecule has 108 valence electrons. The van der Waals surface area contributed by atoms with Crippen LogP contribution in [0.25, 0.3) is 0 Å². The van der Waals surface area contributed by atoms with Crippen LogP contribution >= 0.6 is 11.3 Å². The number of anilines is 1. The minimum Gasteiger partial charge on any atom is -0.370 e. The number of nitrogens with zero attached hydrogens (tertiary/aromatic N) is 1. The summed E-state index contributed by atoms with van der Waals surface area (Å²) in [6.07, 6.45) is 0. The van der Waals surface area contributed by atoms with E-state index in [0.29, 0.717) is 0 Å². The lowest BCUT2D eigenvalue weighted by Gasteiger charge is -2.25. The molecule has 20 heavy (non-hydrogen) atoms. The van der Waals surface area contributed by atoms with Crippen LogP contribution < -0.4 is 10.2 Å². The molecule has 1 aromatic carbocycles. The fourth-order valence-corrected chi connectivity index (χ4v) is 3.24. The molecule has 1 N–H and O–H groups in total. The molecule has 1 heterocycles. The van der Waals surface area contributed by atoms with E-state index in [-0.39, 0.29) is 0 Å². The van der Waals surface area contributed by atoms with Gasteiger partial charge in [0.25, 0.3) is 0 Å². The summed E-state index contributed by atoms with van der Waals surface area (Å²) in [5.74, 6) is 0. The molecule has 0 atom stereocenters. The van der Waals surface area contributed by atoms with E-state index in [1.54, 1.807) is 0 Å². The smallest absolute Gasteiger partial charge is 0.0396 e. The van der Waals surface area contributed by atoms with Crippen LogP contribution in [-0.2, 0) is 6.54 Å². The Bertz CT molecular complexity index is 533. The second-order valence-corrected chi connectivity index (χ2v) is 6.07. The molecule has 0 aliphatic rings. The van der Waals surface area contributed by atoms with Crippen LogP contribution in [0.3, 0.4) is 0 Å².